The third-order valence-electron chi connectivity index (χ3n) is 2.21. The van der Waals surface area contributed by atoms with Gasteiger partial charge in [0.1, 0.15) is 0 Å². The summed E-state index contributed by atoms with van der Waals surface area (Å²) >= 11 is 0. The molecule has 0 amide bonds. The molecule has 4 nitrogen and oxygen atoms in total. The molecule has 0 saturated carbocycles. The van der Waals surface area contributed by atoms with Gasteiger partial charge in [-0.1, -0.05) is 6.07 Å². The summed E-state index contributed by atoms with van der Waals surface area (Å²) in [5.41, 5.74) is -2.13. The summed E-state index contributed by atoms with van der Waals surface area (Å²) in [5, 5.41) is 18.4. The van der Waals surface area contributed by atoms with Gasteiger partial charge in [-0.15, -0.1) is 0 Å². The molecule has 88 valence electrons. The van der Waals surface area contributed by atoms with Gasteiger partial charge in [0.15, 0.2) is 17.2 Å². The fourth-order valence-corrected chi connectivity index (χ4v) is 1.20. The van der Waals surface area contributed by atoms with Crippen molar-refractivity contribution in [1.29, 1.82) is 0 Å². The molecular formula is C11H13FO4. The van der Waals surface area contributed by atoms with Gasteiger partial charge >= 0.3 is 5.97 Å². The molecule has 16 heavy (non-hydrogen) atoms. The summed E-state index contributed by atoms with van der Waals surface area (Å²) in [6, 6.07) is 3.58. The number of rotatable bonds is 4. The second-order valence-electron chi connectivity index (χ2n) is 3.46. The van der Waals surface area contributed by atoms with Crippen LogP contribution < -0.4 is 4.74 Å². The van der Waals surface area contributed by atoms with E-state index in [1.54, 1.807) is 6.92 Å². The van der Waals surface area contributed by atoms with Gasteiger partial charge in [-0.05, 0) is 31.5 Å². The van der Waals surface area contributed by atoms with Gasteiger partial charge < -0.3 is 14.9 Å². The monoisotopic (exact) mass is 228 g/mol. The Labute approximate surface area is 92.3 Å². The minimum Gasteiger partial charge on any atom is -0.491 e. The van der Waals surface area contributed by atoms with Crippen LogP contribution in [0.2, 0.25) is 0 Å². The first-order valence-electron chi connectivity index (χ1n) is 4.78. The van der Waals surface area contributed by atoms with Crippen LogP contribution in [-0.2, 0) is 10.4 Å². The van der Waals surface area contributed by atoms with E-state index in [2.05, 4.69) is 0 Å². The molecule has 0 radical (unpaired) electrons. The van der Waals surface area contributed by atoms with Crippen LogP contribution in [0.5, 0.6) is 5.75 Å². The lowest BCUT2D eigenvalue weighted by Crippen LogP contribution is -2.31. The van der Waals surface area contributed by atoms with E-state index in [9.17, 15) is 14.3 Å². The Morgan fingerprint density at radius 3 is 2.62 bits per heavy atom. The number of carbonyl (C=O) groups is 1. The summed E-state index contributed by atoms with van der Waals surface area (Å²) in [4.78, 5) is 10.7. The lowest BCUT2D eigenvalue weighted by Gasteiger charge is -2.18. The van der Waals surface area contributed by atoms with Gasteiger partial charge in [0.05, 0.1) is 6.61 Å². The first-order chi connectivity index (χ1) is 7.39. The minimum atomic E-state index is -2.11. The number of halogens is 1. The molecule has 0 aliphatic carbocycles. The molecule has 1 rings (SSSR count). The maximum absolute atomic E-state index is 13.4. The van der Waals surface area contributed by atoms with E-state index in [1.165, 1.54) is 12.1 Å². The first-order valence-corrected chi connectivity index (χ1v) is 4.78. The fourth-order valence-electron chi connectivity index (χ4n) is 1.20. The van der Waals surface area contributed by atoms with Crippen molar-refractivity contribution in [2.75, 3.05) is 6.61 Å². The van der Waals surface area contributed by atoms with Crippen LogP contribution in [0.4, 0.5) is 4.39 Å². The zero-order chi connectivity index (χ0) is 12.3. The van der Waals surface area contributed by atoms with Crippen molar-refractivity contribution in [2.24, 2.45) is 0 Å². The van der Waals surface area contributed by atoms with E-state index in [-0.39, 0.29) is 11.3 Å². The summed E-state index contributed by atoms with van der Waals surface area (Å²) in [7, 11) is 0. The number of aliphatic carboxylic acids is 1. The van der Waals surface area contributed by atoms with Crippen molar-refractivity contribution < 1.29 is 24.1 Å². The Morgan fingerprint density at radius 2 is 2.19 bits per heavy atom. The van der Waals surface area contributed by atoms with E-state index in [0.717, 1.165) is 13.0 Å². The zero-order valence-electron chi connectivity index (χ0n) is 9.03. The molecule has 5 heteroatoms. The lowest BCUT2D eigenvalue weighted by molar-refractivity contribution is -0.157. The SMILES string of the molecule is CCOc1ccc(C(C)(O)C(=O)O)cc1F. The van der Waals surface area contributed by atoms with Crippen molar-refractivity contribution in [3.05, 3.63) is 29.6 Å². The molecule has 0 heterocycles. The van der Waals surface area contributed by atoms with Gasteiger partial charge in [-0.25, -0.2) is 9.18 Å². The van der Waals surface area contributed by atoms with Gasteiger partial charge in [0.2, 0.25) is 0 Å². The largest absolute Gasteiger partial charge is 0.491 e. The molecule has 1 aromatic rings. The maximum atomic E-state index is 13.4. The van der Waals surface area contributed by atoms with Crippen molar-refractivity contribution in [2.45, 2.75) is 19.4 Å². The van der Waals surface area contributed by atoms with Crippen LogP contribution in [0.1, 0.15) is 19.4 Å². The summed E-state index contributed by atoms with van der Waals surface area (Å²) in [5.74, 6) is -2.09. The smallest absolute Gasteiger partial charge is 0.340 e. The number of ether oxygens (including phenoxy) is 1. The average Bonchev–Trinajstić information content (AvgIpc) is 2.21. The summed E-state index contributed by atoms with van der Waals surface area (Å²) in [6.45, 7) is 3.11. The Balaban J connectivity index is 3.10. The van der Waals surface area contributed by atoms with Crippen LogP contribution in [0.3, 0.4) is 0 Å². The number of carboxylic acid groups (broad SMARTS) is 1. The van der Waals surface area contributed by atoms with Crippen LogP contribution in [-0.4, -0.2) is 22.8 Å². The Hall–Kier alpha value is -1.62. The summed E-state index contributed by atoms with van der Waals surface area (Å²) < 4.78 is 18.4. The third kappa shape index (κ3) is 2.30. The van der Waals surface area contributed by atoms with Crippen LogP contribution in [0.25, 0.3) is 0 Å². The Kier molecular flexibility index (Phi) is 3.49. The number of hydrogen-bond donors (Lipinski definition) is 2. The molecule has 0 aliphatic rings. The molecule has 0 fully saturated rings. The normalized spacial score (nSPS) is 14.2. The van der Waals surface area contributed by atoms with Gasteiger partial charge in [0.25, 0.3) is 0 Å². The highest BCUT2D eigenvalue weighted by molar-refractivity contribution is 5.78. The first kappa shape index (κ1) is 12.4. The standard InChI is InChI=1S/C11H13FO4/c1-3-16-9-5-4-7(6-8(9)12)11(2,15)10(13)14/h4-6,15H,3H2,1-2H3,(H,13,14). The van der Waals surface area contributed by atoms with E-state index in [4.69, 9.17) is 9.84 Å². The molecular weight excluding hydrogens is 215 g/mol. The van der Waals surface area contributed by atoms with Crippen molar-refractivity contribution >= 4 is 5.97 Å². The topological polar surface area (TPSA) is 66.8 Å². The molecule has 2 N–H and O–H groups in total. The minimum absolute atomic E-state index is 0.0269. The zero-order valence-corrected chi connectivity index (χ0v) is 9.03. The predicted octanol–water partition coefficient (Wildman–Crippen LogP) is 1.52. The van der Waals surface area contributed by atoms with Crippen molar-refractivity contribution in [1.82, 2.24) is 0 Å². The molecule has 0 aromatic heterocycles. The fraction of sp³-hybridized carbons (Fsp3) is 0.364. The average molecular weight is 228 g/mol. The highest BCUT2D eigenvalue weighted by Gasteiger charge is 2.32. The second kappa shape index (κ2) is 4.49. The van der Waals surface area contributed by atoms with Gasteiger partial charge in [-0.2, -0.15) is 0 Å². The predicted molar refractivity (Wildman–Crippen MR) is 54.8 cm³/mol. The Morgan fingerprint density at radius 1 is 1.56 bits per heavy atom. The van der Waals surface area contributed by atoms with E-state index in [1.807, 2.05) is 0 Å². The number of aliphatic hydroxyl groups is 1. The van der Waals surface area contributed by atoms with E-state index in [0.29, 0.717) is 6.61 Å². The van der Waals surface area contributed by atoms with Crippen LogP contribution >= 0.6 is 0 Å². The maximum Gasteiger partial charge on any atom is 0.340 e. The van der Waals surface area contributed by atoms with Crippen molar-refractivity contribution in [3.8, 4) is 5.75 Å². The van der Waals surface area contributed by atoms with Crippen molar-refractivity contribution in [3.63, 3.8) is 0 Å². The quantitative estimate of drug-likeness (QED) is 0.819. The number of carboxylic acids is 1. The molecule has 1 aromatic carbocycles. The molecule has 0 aliphatic heterocycles. The third-order valence-corrected chi connectivity index (χ3v) is 2.21. The van der Waals surface area contributed by atoms with Gasteiger partial charge in [-0.3, -0.25) is 0 Å². The molecule has 1 atom stereocenters. The molecule has 1 unspecified atom stereocenters. The van der Waals surface area contributed by atoms with Crippen LogP contribution in [0, 0.1) is 5.82 Å². The molecule has 0 bridgehead atoms. The Bertz CT molecular complexity index is 401. The highest BCUT2D eigenvalue weighted by atomic mass is 19.1. The molecule has 0 saturated heterocycles. The number of hydrogen-bond acceptors (Lipinski definition) is 3. The summed E-state index contributed by atoms with van der Waals surface area (Å²) in [6.07, 6.45) is 0. The highest BCUT2D eigenvalue weighted by Crippen LogP contribution is 2.26. The second-order valence-corrected chi connectivity index (χ2v) is 3.46. The van der Waals surface area contributed by atoms with E-state index >= 15 is 0 Å². The van der Waals surface area contributed by atoms with Gasteiger partial charge in [0, 0.05) is 0 Å². The molecule has 0 spiro atoms. The lowest BCUT2D eigenvalue weighted by atomic mass is 9.96. The van der Waals surface area contributed by atoms with E-state index < -0.39 is 17.4 Å². The van der Waals surface area contributed by atoms with Crippen LogP contribution in [0.15, 0.2) is 18.2 Å². The number of benzene rings is 1.